The van der Waals surface area contributed by atoms with Crippen LogP contribution in [-0.2, 0) is 24.4 Å². The van der Waals surface area contributed by atoms with Crippen molar-refractivity contribution in [1.29, 1.82) is 0 Å². The molecule has 1 unspecified atom stereocenters. The van der Waals surface area contributed by atoms with E-state index in [1.807, 2.05) is 43.6 Å². The zero-order valence-corrected chi connectivity index (χ0v) is 20.7. The molecule has 2 aromatic heterocycles. The van der Waals surface area contributed by atoms with Gasteiger partial charge in [0.15, 0.2) is 17.6 Å². The lowest BCUT2D eigenvalue weighted by Crippen LogP contribution is -2.21. The summed E-state index contributed by atoms with van der Waals surface area (Å²) in [6, 6.07) is 14.7. The second-order valence-corrected chi connectivity index (χ2v) is 8.75. The fourth-order valence-electron chi connectivity index (χ4n) is 3.81. The Labute approximate surface area is 223 Å². The van der Waals surface area contributed by atoms with E-state index in [1.54, 1.807) is 17.1 Å². The highest BCUT2D eigenvalue weighted by atomic mass is 19.4. The molecule has 7 nitrogen and oxygen atoms in total. The highest BCUT2D eigenvalue weighted by Gasteiger charge is 2.38. The summed E-state index contributed by atoms with van der Waals surface area (Å²) in [4.78, 5) is 13.3. The summed E-state index contributed by atoms with van der Waals surface area (Å²) in [6.45, 7) is 0.224. The number of aliphatic carboxylic acids is 1. The van der Waals surface area contributed by atoms with E-state index in [-0.39, 0.29) is 6.61 Å². The van der Waals surface area contributed by atoms with Gasteiger partial charge in [-0.3, -0.25) is 9.67 Å². The van der Waals surface area contributed by atoms with Gasteiger partial charge in [0.25, 0.3) is 0 Å². The average Bonchev–Trinajstić information content (AvgIpc) is 3.34. The van der Waals surface area contributed by atoms with Crippen molar-refractivity contribution in [2.24, 2.45) is 7.05 Å². The molecule has 1 aliphatic heterocycles. The van der Waals surface area contributed by atoms with Crippen molar-refractivity contribution in [2.45, 2.75) is 24.9 Å². The lowest BCUT2D eigenvalue weighted by molar-refractivity contribution is -0.192. The summed E-state index contributed by atoms with van der Waals surface area (Å²) in [7, 11) is 1.87. The van der Waals surface area contributed by atoms with Gasteiger partial charge in [0.2, 0.25) is 0 Å². The molecule has 1 atom stereocenters. The molecule has 0 saturated carbocycles. The molecule has 0 bridgehead atoms. The zero-order valence-electron chi connectivity index (χ0n) is 20.7. The van der Waals surface area contributed by atoms with Crippen LogP contribution in [0, 0.1) is 0 Å². The number of hydrogen-bond donors (Lipinski definition) is 1. The third kappa shape index (κ3) is 7.10. The summed E-state index contributed by atoms with van der Waals surface area (Å²) in [6.07, 6.45) is -3.74. The Hall–Kier alpha value is -4.55. The molecule has 1 aliphatic rings. The summed E-state index contributed by atoms with van der Waals surface area (Å²) < 4.78 is 83.8. The molecule has 3 heterocycles. The van der Waals surface area contributed by atoms with E-state index in [2.05, 4.69) is 10.1 Å². The van der Waals surface area contributed by atoms with Gasteiger partial charge in [0.05, 0.1) is 17.5 Å². The molecule has 0 saturated heterocycles. The van der Waals surface area contributed by atoms with Crippen molar-refractivity contribution < 1.29 is 45.7 Å². The topological polar surface area (TPSA) is 86.5 Å². The van der Waals surface area contributed by atoms with Crippen molar-refractivity contribution in [2.75, 3.05) is 6.61 Å². The Morgan fingerprint density at radius 2 is 1.68 bits per heavy atom. The normalized spacial score (nSPS) is 14.7. The highest BCUT2D eigenvalue weighted by Crippen LogP contribution is 2.38. The molecule has 40 heavy (non-hydrogen) atoms. The van der Waals surface area contributed by atoms with Gasteiger partial charge < -0.3 is 14.6 Å². The SMILES string of the molecule is Cn1cc(-c2cc(Cc3ccc4c(c3)OCC(c3ccc(C(F)(F)F)cc3)O4)ccn2)cn1.O=C(O)C(F)(F)F. The predicted octanol–water partition coefficient (Wildman–Crippen LogP) is 6.24. The molecule has 0 amide bonds. The predicted molar refractivity (Wildman–Crippen MR) is 130 cm³/mol. The van der Waals surface area contributed by atoms with Crippen LogP contribution in [0.15, 0.2) is 73.2 Å². The Bertz CT molecular complexity index is 1480. The van der Waals surface area contributed by atoms with Crippen LogP contribution in [0.2, 0.25) is 0 Å². The Kier molecular flexibility index (Phi) is 8.03. The first-order valence-electron chi connectivity index (χ1n) is 11.6. The zero-order chi connectivity index (χ0) is 29.1. The maximum atomic E-state index is 12.8. The van der Waals surface area contributed by atoms with E-state index < -0.39 is 30.0 Å². The molecule has 13 heteroatoms. The first-order valence-corrected chi connectivity index (χ1v) is 11.6. The second-order valence-electron chi connectivity index (χ2n) is 8.75. The number of aryl methyl sites for hydroxylation is 1. The molecule has 5 rings (SSSR count). The molecule has 0 fully saturated rings. The maximum absolute atomic E-state index is 12.8. The van der Waals surface area contributed by atoms with Crippen LogP contribution in [0.4, 0.5) is 26.3 Å². The van der Waals surface area contributed by atoms with Gasteiger partial charge in [-0.05, 0) is 59.5 Å². The van der Waals surface area contributed by atoms with Gasteiger partial charge in [-0.25, -0.2) is 4.79 Å². The number of hydrogen-bond acceptors (Lipinski definition) is 5. The lowest BCUT2D eigenvalue weighted by atomic mass is 10.0. The summed E-state index contributed by atoms with van der Waals surface area (Å²) in [5, 5.41) is 11.3. The number of ether oxygens (including phenoxy) is 2. The minimum absolute atomic E-state index is 0.224. The van der Waals surface area contributed by atoms with Crippen molar-refractivity contribution >= 4 is 5.97 Å². The molecule has 1 N–H and O–H groups in total. The third-order valence-corrected chi connectivity index (χ3v) is 5.75. The van der Waals surface area contributed by atoms with Gasteiger partial charge in [-0.2, -0.15) is 31.4 Å². The van der Waals surface area contributed by atoms with Crippen LogP contribution >= 0.6 is 0 Å². The molecule has 2 aromatic carbocycles. The van der Waals surface area contributed by atoms with Crippen LogP contribution in [0.3, 0.4) is 0 Å². The minimum atomic E-state index is -5.08. The fourth-order valence-corrected chi connectivity index (χ4v) is 3.81. The molecule has 210 valence electrons. The third-order valence-electron chi connectivity index (χ3n) is 5.75. The second kappa shape index (κ2) is 11.3. The number of benzene rings is 2. The van der Waals surface area contributed by atoms with Crippen molar-refractivity contribution in [3.8, 4) is 22.8 Å². The number of nitrogens with zero attached hydrogens (tertiary/aromatic N) is 3. The standard InChI is InChI=1S/C25H20F3N3O2.C2HF3O2/c1-31-14-19(13-30-31)21-11-17(8-9-29-21)10-16-2-7-22-23(12-16)32-15-24(33-22)18-3-5-20(6-4-18)25(26,27)28;3-2(4,5)1(6)7/h2-9,11-14,24H,10,15H2,1H3;(H,6,7). The number of carboxylic acids is 1. The summed E-state index contributed by atoms with van der Waals surface area (Å²) in [5.41, 5.74) is 3.92. The Morgan fingerprint density at radius 3 is 2.27 bits per heavy atom. The maximum Gasteiger partial charge on any atom is 0.490 e. The largest absolute Gasteiger partial charge is 0.490 e. The number of aromatic nitrogens is 3. The highest BCUT2D eigenvalue weighted by molar-refractivity contribution is 5.73. The number of alkyl halides is 6. The molecule has 0 aliphatic carbocycles. The number of carbonyl (C=O) groups is 1. The first-order chi connectivity index (χ1) is 18.8. The van der Waals surface area contributed by atoms with Crippen LogP contribution in [0.25, 0.3) is 11.3 Å². The lowest BCUT2D eigenvalue weighted by Gasteiger charge is -2.27. The quantitative estimate of drug-likeness (QED) is 0.295. The molecule has 0 spiro atoms. The number of pyridine rings is 1. The number of halogens is 6. The Morgan fingerprint density at radius 1 is 1.00 bits per heavy atom. The van der Waals surface area contributed by atoms with E-state index in [0.717, 1.165) is 34.5 Å². The Balaban J connectivity index is 0.000000470. The number of rotatable bonds is 4. The van der Waals surface area contributed by atoms with E-state index >= 15 is 0 Å². The van der Waals surface area contributed by atoms with Gasteiger partial charge in [0.1, 0.15) is 6.61 Å². The van der Waals surface area contributed by atoms with Crippen LogP contribution in [0.1, 0.15) is 28.4 Å². The molecular weight excluding hydrogens is 544 g/mol. The van der Waals surface area contributed by atoms with Crippen LogP contribution in [-0.4, -0.2) is 38.6 Å². The van der Waals surface area contributed by atoms with Gasteiger partial charge in [-0.1, -0.05) is 18.2 Å². The molecule has 4 aromatic rings. The van der Waals surface area contributed by atoms with Crippen LogP contribution < -0.4 is 9.47 Å². The molecular formula is C27H21F6N3O4. The van der Waals surface area contributed by atoms with Crippen molar-refractivity contribution in [3.63, 3.8) is 0 Å². The smallest absolute Gasteiger partial charge is 0.485 e. The average molecular weight is 565 g/mol. The summed E-state index contributed by atoms with van der Waals surface area (Å²) in [5.74, 6) is -1.56. The van der Waals surface area contributed by atoms with E-state index in [1.165, 1.54) is 12.1 Å². The number of fused-ring (bicyclic) bond motifs is 1. The van der Waals surface area contributed by atoms with E-state index in [4.69, 9.17) is 19.4 Å². The van der Waals surface area contributed by atoms with Crippen molar-refractivity contribution in [1.82, 2.24) is 14.8 Å². The first kappa shape index (κ1) is 28.5. The van der Waals surface area contributed by atoms with Crippen LogP contribution in [0.5, 0.6) is 11.5 Å². The van der Waals surface area contributed by atoms with Gasteiger partial charge in [0, 0.05) is 25.0 Å². The monoisotopic (exact) mass is 565 g/mol. The summed E-state index contributed by atoms with van der Waals surface area (Å²) >= 11 is 0. The van der Waals surface area contributed by atoms with Gasteiger partial charge >= 0.3 is 18.3 Å². The number of carboxylic acid groups (broad SMARTS) is 1. The fraction of sp³-hybridized carbons (Fsp3) is 0.222. The van der Waals surface area contributed by atoms with E-state index in [0.29, 0.717) is 23.5 Å². The van der Waals surface area contributed by atoms with Crippen molar-refractivity contribution in [3.05, 3.63) is 95.4 Å². The van der Waals surface area contributed by atoms with Gasteiger partial charge in [-0.15, -0.1) is 0 Å². The minimum Gasteiger partial charge on any atom is -0.485 e. The molecule has 0 radical (unpaired) electrons. The van der Waals surface area contributed by atoms with E-state index in [9.17, 15) is 26.3 Å².